The molecule has 0 aromatic carbocycles. The molecule has 1 saturated carbocycles. The number of rotatable bonds is 6. The number of hydrogen-bond donors (Lipinski definition) is 1. The van der Waals surface area contributed by atoms with Gasteiger partial charge < -0.3 is 10.0 Å². The Bertz CT molecular complexity index is 266. The van der Waals surface area contributed by atoms with E-state index < -0.39 is 0 Å². The lowest BCUT2D eigenvalue weighted by Gasteiger charge is -2.25. The summed E-state index contributed by atoms with van der Waals surface area (Å²) in [5, 5.41) is 9.00. The number of hydrogen-bond acceptors (Lipinski definition) is 3. The Morgan fingerprint density at radius 2 is 2.12 bits per heavy atom. The van der Waals surface area contributed by atoms with Crippen molar-refractivity contribution in [3.05, 3.63) is 0 Å². The highest BCUT2D eigenvalue weighted by Crippen LogP contribution is 2.26. The number of carbonyl (C=O) groups is 1. The first-order valence-electron chi connectivity index (χ1n) is 6.86. The Morgan fingerprint density at radius 1 is 1.35 bits per heavy atom. The maximum absolute atomic E-state index is 12.0. The minimum atomic E-state index is 0.199. The minimum Gasteiger partial charge on any atom is -0.395 e. The molecule has 1 unspecified atom stereocenters. The van der Waals surface area contributed by atoms with Gasteiger partial charge in [-0.25, -0.2) is 0 Å². The molecule has 1 saturated heterocycles. The summed E-state index contributed by atoms with van der Waals surface area (Å²) in [7, 11) is 0. The second-order valence-corrected chi connectivity index (χ2v) is 5.32. The highest BCUT2D eigenvalue weighted by atomic mass is 16.3. The van der Waals surface area contributed by atoms with Crippen molar-refractivity contribution in [2.45, 2.75) is 51.1 Å². The summed E-state index contributed by atoms with van der Waals surface area (Å²) in [6.07, 6.45) is 5.37. The van der Waals surface area contributed by atoms with Gasteiger partial charge in [-0.3, -0.25) is 9.69 Å². The van der Waals surface area contributed by atoms with Crippen LogP contribution in [0.15, 0.2) is 0 Å². The standard InChI is InChI=1S/C13H24N2O2/c1-11-3-2-7-15(11)13(17)6-8-14(9-10-16)12-4-5-12/h11-12,16H,2-10H2,1H3. The van der Waals surface area contributed by atoms with Crippen LogP contribution in [0.5, 0.6) is 0 Å². The number of nitrogens with zero attached hydrogens (tertiary/aromatic N) is 2. The van der Waals surface area contributed by atoms with E-state index in [0.29, 0.717) is 31.0 Å². The first-order chi connectivity index (χ1) is 8.22. The van der Waals surface area contributed by atoms with E-state index in [1.807, 2.05) is 4.90 Å². The fraction of sp³-hybridized carbons (Fsp3) is 0.923. The van der Waals surface area contributed by atoms with Crippen molar-refractivity contribution in [3.8, 4) is 0 Å². The summed E-state index contributed by atoms with van der Waals surface area (Å²) in [5.74, 6) is 0.290. The monoisotopic (exact) mass is 240 g/mol. The molecule has 0 aromatic heterocycles. The van der Waals surface area contributed by atoms with E-state index in [4.69, 9.17) is 5.11 Å². The molecule has 2 aliphatic rings. The normalized spacial score (nSPS) is 24.6. The zero-order valence-corrected chi connectivity index (χ0v) is 10.8. The lowest BCUT2D eigenvalue weighted by molar-refractivity contribution is -0.132. The lowest BCUT2D eigenvalue weighted by atomic mass is 10.2. The van der Waals surface area contributed by atoms with Crippen LogP contribution in [0.25, 0.3) is 0 Å². The molecule has 1 atom stereocenters. The van der Waals surface area contributed by atoms with Crippen molar-refractivity contribution in [1.82, 2.24) is 9.80 Å². The van der Waals surface area contributed by atoms with Gasteiger partial charge in [0.25, 0.3) is 0 Å². The highest BCUT2D eigenvalue weighted by molar-refractivity contribution is 5.77. The van der Waals surface area contributed by atoms with Gasteiger partial charge in [-0.15, -0.1) is 0 Å². The topological polar surface area (TPSA) is 43.8 Å². The van der Waals surface area contributed by atoms with E-state index in [2.05, 4.69) is 11.8 Å². The third-order valence-corrected chi connectivity index (χ3v) is 3.94. The summed E-state index contributed by atoms with van der Waals surface area (Å²) in [5.41, 5.74) is 0. The van der Waals surface area contributed by atoms with Crippen molar-refractivity contribution in [2.75, 3.05) is 26.2 Å². The van der Waals surface area contributed by atoms with E-state index >= 15 is 0 Å². The summed E-state index contributed by atoms with van der Waals surface area (Å²) in [6, 6.07) is 1.06. The molecular formula is C13H24N2O2. The van der Waals surface area contributed by atoms with Crippen molar-refractivity contribution in [3.63, 3.8) is 0 Å². The van der Waals surface area contributed by atoms with Crippen LogP contribution in [0.1, 0.15) is 39.0 Å². The van der Waals surface area contributed by atoms with Gasteiger partial charge in [-0.05, 0) is 32.6 Å². The SMILES string of the molecule is CC1CCCN1C(=O)CCN(CCO)C1CC1. The fourth-order valence-corrected chi connectivity index (χ4v) is 2.73. The highest BCUT2D eigenvalue weighted by Gasteiger charge is 2.30. The van der Waals surface area contributed by atoms with Crippen molar-refractivity contribution in [2.24, 2.45) is 0 Å². The molecule has 1 N–H and O–H groups in total. The van der Waals surface area contributed by atoms with Crippen molar-refractivity contribution < 1.29 is 9.90 Å². The first kappa shape index (κ1) is 12.8. The maximum Gasteiger partial charge on any atom is 0.224 e. The fourth-order valence-electron chi connectivity index (χ4n) is 2.73. The Hall–Kier alpha value is -0.610. The second kappa shape index (κ2) is 5.83. The molecule has 98 valence electrons. The van der Waals surface area contributed by atoms with Crippen LogP contribution in [0.3, 0.4) is 0 Å². The van der Waals surface area contributed by atoms with Gasteiger partial charge in [0.2, 0.25) is 5.91 Å². The van der Waals surface area contributed by atoms with Crippen LogP contribution in [-0.2, 0) is 4.79 Å². The maximum atomic E-state index is 12.0. The van der Waals surface area contributed by atoms with Gasteiger partial charge in [0.05, 0.1) is 6.61 Å². The van der Waals surface area contributed by atoms with E-state index in [0.717, 1.165) is 25.9 Å². The largest absolute Gasteiger partial charge is 0.395 e. The summed E-state index contributed by atoms with van der Waals surface area (Å²) >= 11 is 0. The minimum absolute atomic E-state index is 0.199. The summed E-state index contributed by atoms with van der Waals surface area (Å²) in [6.45, 7) is 4.80. The average molecular weight is 240 g/mol. The molecule has 2 fully saturated rings. The van der Waals surface area contributed by atoms with E-state index in [9.17, 15) is 4.79 Å². The number of carbonyl (C=O) groups excluding carboxylic acids is 1. The predicted molar refractivity (Wildman–Crippen MR) is 66.7 cm³/mol. The molecular weight excluding hydrogens is 216 g/mol. The molecule has 1 aliphatic heterocycles. The van der Waals surface area contributed by atoms with Crippen LogP contribution in [0, 0.1) is 0 Å². The molecule has 1 aliphatic carbocycles. The van der Waals surface area contributed by atoms with E-state index in [-0.39, 0.29) is 6.61 Å². The predicted octanol–water partition coefficient (Wildman–Crippen LogP) is 0.844. The number of aliphatic hydroxyl groups is 1. The van der Waals surface area contributed by atoms with Gasteiger partial charge in [-0.1, -0.05) is 0 Å². The zero-order valence-electron chi connectivity index (χ0n) is 10.8. The van der Waals surface area contributed by atoms with Gasteiger partial charge in [-0.2, -0.15) is 0 Å². The molecule has 1 amide bonds. The van der Waals surface area contributed by atoms with E-state index in [1.165, 1.54) is 12.8 Å². The second-order valence-electron chi connectivity index (χ2n) is 5.32. The van der Waals surface area contributed by atoms with Crippen LogP contribution in [0.2, 0.25) is 0 Å². The first-order valence-corrected chi connectivity index (χ1v) is 6.86. The van der Waals surface area contributed by atoms with Crippen molar-refractivity contribution >= 4 is 5.91 Å². The third kappa shape index (κ3) is 3.42. The average Bonchev–Trinajstić information content (AvgIpc) is 3.06. The molecule has 0 aromatic rings. The molecule has 0 radical (unpaired) electrons. The van der Waals surface area contributed by atoms with Crippen LogP contribution in [-0.4, -0.2) is 59.1 Å². The molecule has 4 heteroatoms. The smallest absolute Gasteiger partial charge is 0.224 e. The van der Waals surface area contributed by atoms with Crippen LogP contribution < -0.4 is 0 Å². The quantitative estimate of drug-likeness (QED) is 0.748. The summed E-state index contributed by atoms with van der Waals surface area (Å²) in [4.78, 5) is 16.3. The third-order valence-electron chi connectivity index (χ3n) is 3.94. The van der Waals surface area contributed by atoms with E-state index in [1.54, 1.807) is 0 Å². The summed E-state index contributed by atoms with van der Waals surface area (Å²) < 4.78 is 0. The molecule has 1 heterocycles. The van der Waals surface area contributed by atoms with Gasteiger partial charge in [0.15, 0.2) is 0 Å². The number of amides is 1. The zero-order chi connectivity index (χ0) is 12.3. The van der Waals surface area contributed by atoms with Crippen molar-refractivity contribution in [1.29, 1.82) is 0 Å². The number of aliphatic hydroxyl groups excluding tert-OH is 1. The number of likely N-dealkylation sites (tertiary alicyclic amines) is 1. The molecule has 4 nitrogen and oxygen atoms in total. The molecule has 0 spiro atoms. The molecule has 2 rings (SSSR count). The molecule has 17 heavy (non-hydrogen) atoms. The van der Waals surface area contributed by atoms with Gasteiger partial charge in [0, 0.05) is 38.1 Å². The Balaban J connectivity index is 1.74. The lowest BCUT2D eigenvalue weighted by Crippen LogP contribution is -2.37. The molecule has 0 bridgehead atoms. The van der Waals surface area contributed by atoms with Crippen LogP contribution >= 0.6 is 0 Å². The Morgan fingerprint density at radius 3 is 2.65 bits per heavy atom. The Kier molecular flexibility index (Phi) is 4.40. The van der Waals surface area contributed by atoms with Crippen LogP contribution in [0.4, 0.5) is 0 Å². The Labute approximate surface area is 104 Å². The van der Waals surface area contributed by atoms with Gasteiger partial charge in [0.1, 0.15) is 0 Å². The van der Waals surface area contributed by atoms with Gasteiger partial charge >= 0.3 is 0 Å².